The van der Waals surface area contributed by atoms with Gasteiger partial charge >= 0.3 is 0 Å². The van der Waals surface area contributed by atoms with Gasteiger partial charge in [0.15, 0.2) is 0 Å². The molecule has 0 saturated carbocycles. The number of nitrogens with zero attached hydrogens (tertiary/aromatic N) is 4. The number of nitrogens with one attached hydrogen (secondary N) is 1. The Balaban J connectivity index is 2.07. The van der Waals surface area contributed by atoms with Crippen LogP contribution in [0.1, 0.15) is 37.6 Å². The monoisotopic (exact) mass is 351 g/mol. The molecule has 0 aliphatic heterocycles. The van der Waals surface area contributed by atoms with Crippen LogP contribution in [0, 0.1) is 10.1 Å². The number of rotatable bonds is 7. The molecule has 0 aromatic carbocycles. The summed E-state index contributed by atoms with van der Waals surface area (Å²) in [5.41, 5.74) is -0.750. The van der Waals surface area contributed by atoms with E-state index in [-0.39, 0.29) is 12.2 Å². The molecule has 1 N–H and O–H groups in total. The normalized spacial score (nSPS) is 10.8. The Bertz CT molecular complexity index is 796. The molecule has 128 valence electrons. The minimum absolute atomic E-state index is 0.255. The molecular formula is C14H17N5O4S. The van der Waals surface area contributed by atoms with E-state index in [1.165, 1.54) is 11.3 Å². The van der Waals surface area contributed by atoms with Crippen LogP contribution in [-0.4, -0.2) is 25.6 Å². The first kappa shape index (κ1) is 17.7. The fourth-order valence-electron chi connectivity index (χ4n) is 2.15. The first-order chi connectivity index (χ1) is 11.4. The second-order valence-electron chi connectivity index (χ2n) is 5.12. The van der Waals surface area contributed by atoms with Crippen LogP contribution in [0.3, 0.4) is 0 Å². The fraction of sp³-hybridized carbons (Fsp3) is 0.429. The third-order valence-corrected chi connectivity index (χ3v) is 4.52. The van der Waals surface area contributed by atoms with E-state index in [9.17, 15) is 19.7 Å². The van der Waals surface area contributed by atoms with Gasteiger partial charge < -0.3 is 0 Å². The van der Waals surface area contributed by atoms with E-state index >= 15 is 0 Å². The van der Waals surface area contributed by atoms with E-state index in [0.29, 0.717) is 11.0 Å². The lowest BCUT2D eigenvalue weighted by atomic mass is 10.1. The highest BCUT2D eigenvalue weighted by Gasteiger charge is 2.15. The minimum atomic E-state index is -0.625. The van der Waals surface area contributed by atoms with Crippen molar-refractivity contribution in [2.75, 3.05) is 5.32 Å². The van der Waals surface area contributed by atoms with Crippen molar-refractivity contribution in [2.45, 2.75) is 39.2 Å². The van der Waals surface area contributed by atoms with Gasteiger partial charge in [-0.3, -0.25) is 29.6 Å². The highest BCUT2D eigenvalue weighted by Crippen LogP contribution is 2.27. The third kappa shape index (κ3) is 4.22. The topological polar surface area (TPSA) is 120 Å². The van der Waals surface area contributed by atoms with Crippen molar-refractivity contribution in [1.29, 1.82) is 0 Å². The second-order valence-corrected chi connectivity index (χ2v) is 6.13. The molecular weight excluding hydrogens is 334 g/mol. The standard InChI is InChI=1S/C14H17N5O4S/c1-3-9(4-2)13-16-17-14(24-13)15-11(20)8-18-7-10(19(22)23)5-6-12(18)21/h5-7,9H,3-4,8H2,1-2H3,(H,15,17,20). The number of hydrogen-bond acceptors (Lipinski definition) is 7. The van der Waals surface area contributed by atoms with E-state index in [2.05, 4.69) is 29.4 Å². The van der Waals surface area contributed by atoms with Crippen LogP contribution in [0.15, 0.2) is 23.1 Å². The molecule has 0 spiro atoms. The minimum Gasteiger partial charge on any atom is -0.299 e. The van der Waals surface area contributed by atoms with E-state index in [1.807, 2.05) is 0 Å². The molecule has 24 heavy (non-hydrogen) atoms. The number of anilines is 1. The van der Waals surface area contributed by atoms with Gasteiger partial charge in [0.25, 0.3) is 11.2 Å². The Hall–Kier alpha value is -2.62. The average molecular weight is 351 g/mol. The smallest absolute Gasteiger partial charge is 0.285 e. The van der Waals surface area contributed by atoms with Crippen LogP contribution in [0.4, 0.5) is 10.8 Å². The first-order valence-electron chi connectivity index (χ1n) is 7.42. The van der Waals surface area contributed by atoms with Crippen molar-refractivity contribution in [1.82, 2.24) is 14.8 Å². The molecule has 0 aliphatic rings. The Labute approximate surface area is 141 Å². The highest BCUT2D eigenvalue weighted by molar-refractivity contribution is 7.15. The molecule has 2 rings (SSSR count). The van der Waals surface area contributed by atoms with Gasteiger partial charge in [0.05, 0.1) is 11.1 Å². The molecule has 2 aromatic heterocycles. The van der Waals surface area contributed by atoms with Gasteiger partial charge in [0.1, 0.15) is 11.6 Å². The van der Waals surface area contributed by atoms with E-state index in [0.717, 1.165) is 40.7 Å². The summed E-state index contributed by atoms with van der Waals surface area (Å²) < 4.78 is 0.982. The summed E-state index contributed by atoms with van der Waals surface area (Å²) >= 11 is 1.29. The maximum absolute atomic E-state index is 12.0. The zero-order valence-electron chi connectivity index (χ0n) is 13.3. The van der Waals surface area contributed by atoms with Crippen LogP contribution >= 0.6 is 11.3 Å². The van der Waals surface area contributed by atoms with Crippen molar-refractivity contribution in [2.24, 2.45) is 0 Å². The second kappa shape index (κ2) is 7.77. The lowest BCUT2D eigenvalue weighted by Gasteiger charge is -2.06. The predicted molar refractivity (Wildman–Crippen MR) is 89.2 cm³/mol. The lowest BCUT2D eigenvalue weighted by Crippen LogP contribution is -2.26. The lowest BCUT2D eigenvalue weighted by molar-refractivity contribution is -0.385. The number of carbonyl (C=O) groups is 1. The van der Waals surface area contributed by atoms with Crippen LogP contribution in [-0.2, 0) is 11.3 Å². The van der Waals surface area contributed by atoms with Gasteiger partial charge in [0.2, 0.25) is 11.0 Å². The molecule has 1 amide bonds. The Morgan fingerprint density at radius 2 is 2.08 bits per heavy atom. The summed E-state index contributed by atoms with van der Waals surface area (Å²) in [6, 6.07) is 2.16. The molecule has 10 heteroatoms. The summed E-state index contributed by atoms with van der Waals surface area (Å²) in [7, 11) is 0. The maximum atomic E-state index is 12.0. The number of carbonyl (C=O) groups excluding carboxylic acids is 1. The average Bonchev–Trinajstić information content (AvgIpc) is 2.98. The fourth-order valence-corrected chi connectivity index (χ4v) is 3.18. The number of hydrogen-bond donors (Lipinski definition) is 1. The summed E-state index contributed by atoms with van der Waals surface area (Å²) in [5.74, 6) is -0.197. The summed E-state index contributed by atoms with van der Waals surface area (Å²) in [6.07, 6.45) is 2.90. The largest absolute Gasteiger partial charge is 0.299 e. The van der Waals surface area contributed by atoms with Crippen molar-refractivity contribution in [3.63, 3.8) is 0 Å². The van der Waals surface area contributed by atoms with Gasteiger partial charge in [0, 0.05) is 18.1 Å². The highest BCUT2D eigenvalue weighted by atomic mass is 32.1. The molecule has 2 heterocycles. The predicted octanol–water partition coefficient (Wildman–Crippen LogP) is 2.15. The Morgan fingerprint density at radius 3 is 2.71 bits per heavy atom. The molecule has 0 radical (unpaired) electrons. The van der Waals surface area contributed by atoms with E-state index < -0.39 is 16.4 Å². The van der Waals surface area contributed by atoms with E-state index in [4.69, 9.17) is 0 Å². The number of amides is 1. The SMILES string of the molecule is CCC(CC)c1nnc(NC(=O)Cn2cc([N+](=O)[O-])ccc2=O)s1. The Kier molecular flexibility index (Phi) is 5.74. The third-order valence-electron chi connectivity index (χ3n) is 3.51. The molecule has 0 atom stereocenters. The van der Waals surface area contributed by atoms with Gasteiger partial charge in [-0.1, -0.05) is 25.2 Å². The zero-order chi connectivity index (χ0) is 17.7. The van der Waals surface area contributed by atoms with Crippen LogP contribution in [0.2, 0.25) is 0 Å². The number of aromatic nitrogens is 3. The van der Waals surface area contributed by atoms with Crippen molar-refractivity contribution in [3.8, 4) is 0 Å². The molecule has 0 unspecified atom stereocenters. The molecule has 0 bridgehead atoms. The quantitative estimate of drug-likeness (QED) is 0.603. The van der Waals surface area contributed by atoms with E-state index in [1.54, 1.807) is 0 Å². The van der Waals surface area contributed by atoms with Crippen LogP contribution in [0.25, 0.3) is 0 Å². The van der Waals surface area contributed by atoms with Crippen LogP contribution in [0.5, 0.6) is 0 Å². The first-order valence-corrected chi connectivity index (χ1v) is 8.24. The summed E-state index contributed by atoms with van der Waals surface area (Å²) in [5, 5.41) is 22.5. The van der Waals surface area contributed by atoms with Crippen molar-refractivity contribution >= 4 is 28.1 Å². The van der Waals surface area contributed by atoms with Crippen molar-refractivity contribution in [3.05, 3.63) is 43.8 Å². The number of pyridine rings is 1. The maximum Gasteiger partial charge on any atom is 0.285 e. The molecule has 0 aliphatic carbocycles. The molecule has 0 saturated heterocycles. The summed E-state index contributed by atoms with van der Waals surface area (Å²) in [4.78, 5) is 33.8. The van der Waals surface area contributed by atoms with Crippen molar-refractivity contribution < 1.29 is 9.72 Å². The Morgan fingerprint density at radius 1 is 1.38 bits per heavy atom. The molecule has 0 fully saturated rings. The van der Waals surface area contributed by atoms with Gasteiger partial charge in [-0.05, 0) is 12.8 Å². The van der Waals surface area contributed by atoms with Gasteiger partial charge in [-0.2, -0.15) is 0 Å². The van der Waals surface area contributed by atoms with Gasteiger partial charge in [-0.25, -0.2) is 0 Å². The van der Waals surface area contributed by atoms with Crippen LogP contribution < -0.4 is 10.9 Å². The summed E-state index contributed by atoms with van der Waals surface area (Å²) in [6.45, 7) is 3.78. The molecule has 2 aromatic rings. The molecule has 9 nitrogen and oxygen atoms in total. The van der Waals surface area contributed by atoms with Gasteiger partial charge in [-0.15, -0.1) is 10.2 Å². The zero-order valence-corrected chi connectivity index (χ0v) is 14.1. The number of nitro groups is 1.